The zero-order valence-electron chi connectivity index (χ0n) is 6.23. The molecule has 1 aliphatic rings. The molecule has 12 heavy (non-hydrogen) atoms. The summed E-state index contributed by atoms with van der Waals surface area (Å²) in [6.45, 7) is 0.235. The molecule has 0 spiro atoms. The topological polar surface area (TPSA) is 70.3 Å². The number of nitrogens with two attached hydrogens (primary N) is 1. The van der Waals surface area contributed by atoms with Crippen LogP contribution in [0.3, 0.4) is 0 Å². The smallest absolute Gasteiger partial charge is 0.230 e. The fraction of sp³-hybridized carbons (Fsp3) is 0.143. The van der Waals surface area contributed by atoms with E-state index in [2.05, 4.69) is 9.97 Å². The lowest BCUT2D eigenvalue weighted by Crippen LogP contribution is -1.97. The fourth-order valence-electron chi connectivity index (χ4n) is 0.887. The highest BCUT2D eigenvalue weighted by Crippen LogP contribution is 2.17. The molecule has 2 rings (SSSR count). The second-order valence-corrected chi connectivity index (χ2v) is 2.21. The molecule has 5 nitrogen and oxygen atoms in total. The molecule has 1 aliphatic heterocycles. The van der Waals surface area contributed by atoms with Crippen molar-refractivity contribution in [1.82, 2.24) is 9.97 Å². The van der Waals surface area contributed by atoms with Crippen LogP contribution < -0.4 is 5.73 Å². The van der Waals surface area contributed by atoms with Crippen LogP contribution in [0, 0.1) is 0 Å². The molecule has 5 heteroatoms. The van der Waals surface area contributed by atoms with Crippen molar-refractivity contribution < 1.29 is 9.47 Å². The zero-order chi connectivity index (χ0) is 8.39. The third-order valence-corrected chi connectivity index (χ3v) is 1.40. The van der Waals surface area contributed by atoms with Crippen LogP contribution in [0.2, 0.25) is 0 Å². The van der Waals surface area contributed by atoms with Crippen LogP contribution in [-0.2, 0) is 9.47 Å². The summed E-state index contributed by atoms with van der Waals surface area (Å²) in [6.07, 6.45) is 3.07. The summed E-state index contributed by atoms with van der Waals surface area (Å²) < 4.78 is 9.95. The minimum atomic E-state index is 0.226. The molecule has 2 heterocycles. The van der Waals surface area contributed by atoms with E-state index < -0.39 is 0 Å². The number of aromatic nitrogens is 2. The molecule has 1 aromatic heterocycles. The second kappa shape index (κ2) is 2.69. The first-order valence-corrected chi connectivity index (χ1v) is 3.40. The third kappa shape index (κ3) is 1.16. The molecule has 0 radical (unpaired) electrons. The molecule has 1 aromatic rings. The first-order chi connectivity index (χ1) is 5.86. The Balaban J connectivity index is 2.33. The highest BCUT2D eigenvalue weighted by molar-refractivity contribution is 5.56. The van der Waals surface area contributed by atoms with Crippen LogP contribution >= 0.6 is 0 Å². The van der Waals surface area contributed by atoms with E-state index >= 15 is 0 Å². The number of nitrogen functional groups attached to an aromatic ring is 1. The van der Waals surface area contributed by atoms with E-state index in [1.54, 1.807) is 12.3 Å². The van der Waals surface area contributed by atoms with E-state index in [0.717, 1.165) is 0 Å². The number of ether oxygens (including phenoxy) is 2. The van der Waals surface area contributed by atoms with Crippen LogP contribution in [0.1, 0.15) is 5.69 Å². The minimum Gasteiger partial charge on any atom is -0.461 e. The minimum absolute atomic E-state index is 0.226. The van der Waals surface area contributed by atoms with Gasteiger partial charge in [0.05, 0.1) is 0 Å². The van der Waals surface area contributed by atoms with Crippen LogP contribution in [0.4, 0.5) is 5.95 Å². The molecule has 0 bridgehead atoms. The van der Waals surface area contributed by atoms with Crippen molar-refractivity contribution in [3.63, 3.8) is 0 Å². The lowest BCUT2D eigenvalue weighted by atomic mass is 10.3. The molecule has 2 N–H and O–H groups in total. The fourth-order valence-corrected chi connectivity index (χ4v) is 0.887. The van der Waals surface area contributed by atoms with Crippen molar-refractivity contribution in [1.29, 1.82) is 0 Å². The van der Waals surface area contributed by atoms with Gasteiger partial charge in [0.15, 0.2) is 5.76 Å². The number of anilines is 1. The van der Waals surface area contributed by atoms with Crippen molar-refractivity contribution in [2.24, 2.45) is 0 Å². The second-order valence-electron chi connectivity index (χ2n) is 2.21. The Bertz CT molecular complexity index is 324. The van der Waals surface area contributed by atoms with Gasteiger partial charge in [-0.25, -0.2) is 9.97 Å². The summed E-state index contributed by atoms with van der Waals surface area (Å²) in [5, 5.41) is 0. The predicted octanol–water partition coefficient (Wildman–Crippen LogP) is 0.362. The standard InChI is InChI=1S/C7H7N3O2/c8-7-9-2-1-5(10-7)6-3-11-4-12-6/h1-3H,4H2,(H2,8,9,10). The average Bonchev–Trinajstić information content (AvgIpc) is 2.56. The summed E-state index contributed by atoms with van der Waals surface area (Å²) >= 11 is 0. The molecule has 0 amide bonds. The Morgan fingerprint density at radius 2 is 2.42 bits per heavy atom. The maximum Gasteiger partial charge on any atom is 0.230 e. The molecule has 0 saturated heterocycles. The Morgan fingerprint density at radius 3 is 3.08 bits per heavy atom. The molecule has 62 valence electrons. The van der Waals surface area contributed by atoms with Crippen molar-refractivity contribution >= 4 is 11.7 Å². The lowest BCUT2D eigenvalue weighted by molar-refractivity contribution is 0.100. The van der Waals surface area contributed by atoms with Gasteiger partial charge in [-0.2, -0.15) is 0 Å². The Hall–Kier alpha value is -1.78. The zero-order valence-corrected chi connectivity index (χ0v) is 6.23. The first kappa shape index (κ1) is 6.90. The van der Waals surface area contributed by atoms with Gasteiger partial charge < -0.3 is 15.2 Å². The third-order valence-electron chi connectivity index (χ3n) is 1.40. The Morgan fingerprint density at radius 1 is 1.50 bits per heavy atom. The SMILES string of the molecule is Nc1nccc(C2=COCO2)n1. The maximum absolute atomic E-state index is 5.38. The Labute approximate surface area is 68.8 Å². The number of rotatable bonds is 1. The predicted molar refractivity (Wildman–Crippen MR) is 41.5 cm³/mol. The summed E-state index contributed by atoms with van der Waals surface area (Å²) in [6, 6.07) is 1.71. The van der Waals surface area contributed by atoms with Crippen LogP contribution in [0.25, 0.3) is 5.76 Å². The molecule has 0 aromatic carbocycles. The number of nitrogens with zero attached hydrogens (tertiary/aromatic N) is 2. The van der Waals surface area contributed by atoms with Gasteiger partial charge in [0, 0.05) is 6.20 Å². The lowest BCUT2D eigenvalue weighted by Gasteiger charge is -1.99. The van der Waals surface area contributed by atoms with E-state index in [9.17, 15) is 0 Å². The molecule has 0 aliphatic carbocycles. The summed E-state index contributed by atoms with van der Waals surface area (Å²) in [7, 11) is 0. The summed E-state index contributed by atoms with van der Waals surface area (Å²) in [5.41, 5.74) is 6.02. The summed E-state index contributed by atoms with van der Waals surface area (Å²) in [5.74, 6) is 0.813. The maximum atomic E-state index is 5.38. The molecular weight excluding hydrogens is 158 g/mol. The molecule has 0 saturated carbocycles. The van der Waals surface area contributed by atoms with Gasteiger partial charge in [-0.05, 0) is 6.07 Å². The molecular formula is C7H7N3O2. The van der Waals surface area contributed by atoms with Crippen molar-refractivity contribution in [3.8, 4) is 0 Å². The van der Waals surface area contributed by atoms with E-state index in [1.165, 1.54) is 6.26 Å². The van der Waals surface area contributed by atoms with Gasteiger partial charge >= 0.3 is 0 Å². The van der Waals surface area contributed by atoms with Crippen molar-refractivity contribution in [2.75, 3.05) is 12.5 Å². The largest absolute Gasteiger partial charge is 0.461 e. The highest BCUT2D eigenvalue weighted by Gasteiger charge is 2.10. The Kier molecular flexibility index (Phi) is 1.55. The van der Waals surface area contributed by atoms with Gasteiger partial charge in [0.1, 0.15) is 12.0 Å². The van der Waals surface area contributed by atoms with Gasteiger partial charge in [-0.15, -0.1) is 0 Å². The van der Waals surface area contributed by atoms with E-state index in [1.807, 2.05) is 0 Å². The molecule has 0 fully saturated rings. The van der Waals surface area contributed by atoms with Crippen molar-refractivity contribution in [3.05, 3.63) is 24.2 Å². The quantitative estimate of drug-likeness (QED) is 0.650. The number of hydrogen-bond acceptors (Lipinski definition) is 5. The van der Waals surface area contributed by atoms with Gasteiger partial charge in [0.2, 0.25) is 12.7 Å². The van der Waals surface area contributed by atoms with Gasteiger partial charge in [0.25, 0.3) is 0 Å². The summed E-state index contributed by atoms with van der Waals surface area (Å²) in [4.78, 5) is 7.70. The van der Waals surface area contributed by atoms with Crippen LogP contribution in [-0.4, -0.2) is 16.8 Å². The van der Waals surface area contributed by atoms with Crippen LogP contribution in [0.5, 0.6) is 0 Å². The van der Waals surface area contributed by atoms with Crippen LogP contribution in [0.15, 0.2) is 18.5 Å². The first-order valence-electron chi connectivity index (χ1n) is 3.40. The van der Waals surface area contributed by atoms with Gasteiger partial charge in [-0.1, -0.05) is 0 Å². The van der Waals surface area contributed by atoms with E-state index in [4.69, 9.17) is 15.2 Å². The number of hydrogen-bond donors (Lipinski definition) is 1. The normalized spacial score (nSPS) is 14.8. The average molecular weight is 165 g/mol. The highest BCUT2D eigenvalue weighted by atomic mass is 16.7. The monoisotopic (exact) mass is 165 g/mol. The van der Waals surface area contributed by atoms with E-state index in [-0.39, 0.29) is 12.7 Å². The van der Waals surface area contributed by atoms with E-state index in [0.29, 0.717) is 11.5 Å². The molecule has 0 unspecified atom stereocenters. The van der Waals surface area contributed by atoms with Gasteiger partial charge in [-0.3, -0.25) is 0 Å². The van der Waals surface area contributed by atoms with Crippen molar-refractivity contribution in [2.45, 2.75) is 0 Å². The molecule has 0 atom stereocenters.